The van der Waals surface area contributed by atoms with Gasteiger partial charge in [-0.05, 0) is 24.6 Å². The number of rotatable bonds is 7. The van der Waals surface area contributed by atoms with Crippen LogP contribution >= 0.6 is 0 Å². The molecule has 0 spiro atoms. The third-order valence-corrected chi connectivity index (χ3v) is 3.35. The number of aromatic amines is 1. The van der Waals surface area contributed by atoms with Gasteiger partial charge >= 0.3 is 0 Å². The number of hydrogen-bond donors (Lipinski definition) is 3. The van der Waals surface area contributed by atoms with Crippen molar-refractivity contribution in [1.82, 2.24) is 15.4 Å². The van der Waals surface area contributed by atoms with Gasteiger partial charge in [0.05, 0.1) is 27.4 Å². The van der Waals surface area contributed by atoms with Crippen molar-refractivity contribution in [2.45, 2.75) is 13.0 Å². The zero-order valence-electron chi connectivity index (χ0n) is 14.3. The first-order valence-corrected chi connectivity index (χ1v) is 7.31. The molecule has 0 saturated heterocycles. The normalized spacial score (nSPS) is 11.3. The largest absolute Gasteiger partial charge is 0.493 e. The van der Waals surface area contributed by atoms with E-state index in [9.17, 15) is 10.1 Å². The molecule has 0 aliphatic carbocycles. The van der Waals surface area contributed by atoms with Gasteiger partial charge in [-0.2, -0.15) is 5.26 Å². The molecule has 9 nitrogen and oxygen atoms in total. The average molecular weight is 345 g/mol. The Morgan fingerprint density at radius 1 is 1.16 bits per heavy atom. The molecule has 3 N–H and O–H groups in total. The fourth-order valence-corrected chi connectivity index (χ4v) is 2.24. The highest BCUT2D eigenvalue weighted by molar-refractivity contribution is 5.55. The van der Waals surface area contributed by atoms with Crippen molar-refractivity contribution in [2.75, 3.05) is 26.8 Å². The number of hydrogen-bond acceptors (Lipinski definition) is 8. The van der Waals surface area contributed by atoms with Crippen LogP contribution in [0.4, 0.5) is 5.95 Å². The lowest BCUT2D eigenvalue weighted by Crippen LogP contribution is -2.29. The van der Waals surface area contributed by atoms with E-state index in [2.05, 4.69) is 26.9 Å². The van der Waals surface area contributed by atoms with Gasteiger partial charge < -0.3 is 14.2 Å². The topological polar surface area (TPSA) is 121 Å². The van der Waals surface area contributed by atoms with Crippen LogP contribution in [-0.4, -0.2) is 31.3 Å². The number of aromatic nitrogens is 2. The zero-order valence-corrected chi connectivity index (χ0v) is 14.3. The molecule has 0 fully saturated rings. The van der Waals surface area contributed by atoms with Crippen LogP contribution in [0.2, 0.25) is 0 Å². The molecule has 1 aromatic heterocycles. The van der Waals surface area contributed by atoms with E-state index in [1.807, 2.05) is 0 Å². The number of ether oxygens (including phenoxy) is 3. The fourth-order valence-electron chi connectivity index (χ4n) is 2.24. The molecule has 0 unspecified atom stereocenters. The summed E-state index contributed by atoms with van der Waals surface area (Å²) in [5.41, 5.74) is 6.37. The van der Waals surface area contributed by atoms with Gasteiger partial charge in [0.2, 0.25) is 11.7 Å². The molecule has 0 radical (unpaired) electrons. The Kier molecular flexibility index (Phi) is 5.81. The van der Waals surface area contributed by atoms with Crippen LogP contribution < -0.4 is 30.6 Å². The van der Waals surface area contributed by atoms with Gasteiger partial charge in [0, 0.05) is 11.8 Å². The number of benzene rings is 1. The number of nitrogens with zero attached hydrogens (tertiary/aromatic N) is 2. The van der Waals surface area contributed by atoms with Gasteiger partial charge in [-0.1, -0.05) is 0 Å². The predicted molar refractivity (Wildman–Crippen MR) is 90.8 cm³/mol. The number of methoxy groups -OCH3 is 3. The van der Waals surface area contributed by atoms with Gasteiger partial charge in [0.1, 0.15) is 6.04 Å². The quantitative estimate of drug-likeness (QED) is 0.642. The fraction of sp³-hybridized carbons (Fsp3) is 0.312. The van der Waals surface area contributed by atoms with E-state index in [0.717, 1.165) is 0 Å². The summed E-state index contributed by atoms with van der Waals surface area (Å²) in [6.07, 6.45) is 0. The molecular weight excluding hydrogens is 326 g/mol. The van der Waals surface area contributed by atoms with Crippen LogP contribution in [0.15, 0.2) is 23.0 Å². The second kappa shape index (κ2) is 8.03. The van der Waals surface area contributed by atoms with E-state index in [0.29, 0.717) is 28.5 Å². The number of anilines is 1. The van der Waals surface area contributed by atoms with E-state index in [1.165, 1.54) is 27.4 Å². The second-order valence-electron chi connectivity index (χ2n) is 5.03. The van der Waals surface area contributed by atoms with Crippen molar-refractivity contribution >= 4 is 5.95 Å². The molecule has 0 bridgehead atoms. The van der Waals surface area contributed by atoms with Crippen LogP contribution in [0.5, 0.6) is 17.2 Å². The second-order valence-corrected chi connectivity index (χ2v) is 5.03. The van der Waals surface area contributed by atoms with Crippen molar-refractivity contribution in [3.63, 3.8) is 0 Å². The Balaban J connectivity index is 2.28. The predicted octanol–water partition coefficient (Wildman–Crippen LogP) is 1.29. The molecule has 9 heteroatoms. The Labute approximate surface area is 144 Å². The molecule has 1 atom stereocenters. The number of H-pyrrole nitrogens is 1. The maximum absolute atomic E-state index is 11.5. The third kappa shape index (κ3) is 4.19. The van der Waals surface area contributed by atoms with Gasteiger partial charge in [-0.15, -0.1) is 0 Å². The Morgan fingerprint density at radius 3 is 2.28 bits per heavy atom. The molecule has 25 heavy (non-hydrogen) atoms. The van der Waals surface area contributed by atoms with Crippen molar-refractivity contribution in [3.8, 4) is 23.3 Å². The zero-order chi connectivity index (χ0) is 18.4. The van der Waals surface area contributed by atoms with Gasteiger partial charge in [0.15, 0.2) is 11.5 Å². The van der Waals surface area contributed by atoms with Crippen molar-refractivity contribution in [1.29, 1.82) is 5.26 Å². The Bertz CT molecular complexity index is 818. The van der Waals surface area contributed by atoms with Gasteiger partial charge in [-0.3, -0.25) is 15.2 Å². The van der Waals surface area contributed by atoms with E-state index < -0.39 is 6.04 Å². The maximum atomic E-state index is 11.5. The molecule has 0 saturated carbocycles. The SMILES string of the molecule is COc1cc([C@@H](C#N)NNc2nc(C)cc(=O)[nH]2)cc(OC)c1OC. The van der Waals surface area contributed by atoms with Crippen molar-refractivity contribution in [2.24, 2.45) is 0 Å². The molecule has 2 rings (SSSR count). The summed E-state index contributed by atoms with van der Waals surface area (Å²) in [5.74, 6) is 1.50. The minimum Gasteiger partial charge on any atom is -0.493 e. The summed E-state index contributed by atoms with van der Waals surface area (Å²) >= 11 is 0. The first-order chi connectivity index (χ1) is 12.0. The lowest BCUT2D eigenvalue weighted by molar-refractivity contribution is 0.323. The molecule has 132 valence electrons. The van der Waals surface area contributed by atoms with Crippen LogP contribution in [0.3, 0.4) is 0 Å². The molecule has 0 amide bonds. The minimum absolute atomic E-state index is 0.206. The smallest absolute Gasteiger partial charge is 0.252 e. The summed E-state index contributed by atoms with van der Waals surface area (Å²) in [5, 5.41) is 9.46. The summed E-state index contributed by atoms with van der Waals surface area (Å²) in [4.78, 5) is 18.1. The Morgan fingerprint density at radius 2 is 1.80 bits per heavy atom. The maximum Gasteiger partial charge on any atom is 0.252 e. The summed E-state index contributed by atoms with van der Waals surface area (Å²) in [6, 6.07) is 6.04. The Hall–Kier alpha value is -3.25. The number of aryl methyl sites for hydroxylation is 1. The molecule has 1 heterocycles. The van der Waals surface area contributed by atoms with E-state index >= 15 is 0 Å². The van der Waals surface area contributed by atoms with E-state index in [-0.39, 0.29) is 11.5 Å². The molecule has 0 aliphatic rings. The lowest BCUT2D eigenvalue weighted by Gasteiger charge is -2.17. The monoisotopic (exact) mass is 345 g/mol. The molecular formula is C16H19N5O4. The highest BCUT2D eigenvalue weighted by atomic mass is 16.5. The highest BCUT2D eigenvalue weighted by Crippen LogP contribution is 2.39. The standard InChI is InChI=1S/C16H19N5O4/c1-9-5-14(22)19-16(18-9)21-20-11(8-17)10-6-12(23-2)15(25-4)13(7-10)24-3/h5-7,11,20H,1-4H3,(H2,18,19,21,22)/t11-/m1/s1. The molecule has 2 aromatic rings. The lowest BCUT2D eigenvalue weighted by atomic mass is 10.1. The number of nitrogens with one attached hydrogen (secondary N) is 3. The number of hydrazine groups is 1. The minimum atomic E-state index is -0.764. The summed E-state index contributed by atoms with van der Waals surface area (Å²) in [6.45, 7) is 1.70. The first-order valence-electron chi connectivity index (χ1n) is 7.31. The van der Waals surface area contributed by atoms with Gasteiger partial charge in [0.25, 0.3) is 5.56 Å². The highest BCUT2D eigenvalue weighted by Gasteiger charge is 2.18. The summed E-state index contributed by atoms with van der Waals surface area (Å²) < 4.78 is 15.8. The van der Waals surface area contributed by atoms with Gasteiger partial charge in [-0.25, -0.2) is 10.4 Å². The average Bonchev–Trinajstić information content (AvgIpc) is 2.60. The van der Waals surface area contributed by atoms with Crippen LogP contribution in [-0.2, 0) is 0 Å². The van der Waals surface area contributed by atoms with E-state index in [1.54, 1.807) is 19.1 Å². The van der Waals surface area contributed by atoms with E-state index in [4.69, 9.17) is 14.2 Å². The number of nitriles is 1. The van der Waals surface area contributed by atoms with Crippen LogP contribution in [0.1, 0.15) is 17.3 Å². The van der Waals surface area contributed by atoms with Crippen molar-refractivity contribution in [3.05, 3.63) is 39.8 Å². The third-order valence-electron chi connectivity index (χ3n) is 3.35. The first kappa shape index (κ1) is 18.1. The van der Waals surface area contributed by atoms with Crippen LogP contribution in [0, 0.1) is 18.3 Å². The summed E-state index contributed by atoms with van der Waals surface area (Å²) in [7, 11) is 4.49. The molecule has 0 aliphatic heterocycles. The van der Waals surface area contributed by atoms with Crippen LogP contribution in [0.25, 0.3) is 0 Å². The van der Waals surface area contributed by atoms with Crippen molar-refractivity contribution < 1.29 is 14.2 Å². The molecule has 1 aromatic carbocycles.